The van der Waals surface area contributed by atoms with Crippen molar-refractivity contribution < 1.29 is 14.7 Å². The van der Waals surface area contributed by atoms with E-state index in [1.807, 2.05) is 13.8 Å². The summed E-state index contributed by atoms with van der Waals surface area (Å²) in [6, 6.07) is 8.36. The Balaban J connectivity index is 1.74. The second kappa shape index (κ2) is 10.5. The Labute approximate surface area is 204 Å². The molecule has 3 aromatic rings. The topological polar surface area (TPSA) is 82.0 Å². The lowest BCUT2D eigenvalue weighted by atomic mass is 10.1. The van der Waals surface area contributed by atoms with Crippen molar-refractivity contribution in [1.29, 1.82) is 0 Å². The lowest BCUT2D eigenvalue weighted by Gasteiger charge is -2.17. The quantitative estimate of drug-likeness (QED) is 0.297. The van der Waals surface area contributed by atoms with Crippen LogP contribution in [0, 0.1) is 0 Å². The first-order chi connectivity index (χ1) is 15.3. The molecular weight excluding hydrogens is 489 g/mol. The third-order valence-electron chi connectivity index (χ3n) is 4.75. The van der Waals surface area contributed by atoms with E-state index in [9.17, 15) is 14.7 Å². The number of nitrogens with one attached hydrogen (secondary N) is 1. The largest absolute Gasteiger partial charge is 0.506 e. The SMILES string of the molecule is CCN(CC)C(=O)c1ccc(C(=O)N/N=C(\C)c2csc(-c3ccc(Cl)c(Cl)c3)c2O)s1. The van der Waals surface area contributed by atoms with Gasteiger partial charge in [0.25, 0.3) is 11.8 Å². The lowest BCUT2D eigenvalue weighted by Crippen LogP contribution is -2.29. The van der Waals surface area contributed by atoms with Crippen LogP contribution in [-0.2, 0) is 0 Å². The minimum Gasteiger partial charge on any atom is -0.506 e. The first-order valence-corrected chi connectivity index (χ1v) is 12.2. The molecule has 3 rings (SSSR count). The summed E-state index contributed by atoms with van der Waals surface area (Å²) in [5, 5.41) is 17.4. The number of carbonyl (C=O) groups excluding carboxylic acids is 2. The molecule has 0 bridgehead atoms. The maximum absolute atomic E-state index is 12.5. The highest BCUT2D eigenvalue weighted by molar-refractivity contribution is 7.16. The van der Waals surface area contributed by atoms with Crippen molar-refractivity contribution in [1.82, 2.24) is 10.3 Å². The Morgan fingerprint density at radius 1 is 1.09 bits per heavy atom. The van der Waals surface area contributed by atoms with E-state index >= 15 is 0 Å². The second-order valence-electron chi connectivity index (χ2n) is 6.74. The van der Waals surface area contributed by atoms with E-state index in [0.717, 1.165) is 16.9 Å². The van der Waals surface area contributed by atoms with E-state index in [1.54, 1.807) is 47.5 Å². The van der Waals surface area contributed by atoms with Crippen LogP contribution < -0.4 is 5.43 Å². The van der Waals surface area contributed by atoms with Crippen LogP contribution in [0.15, 0.2) is 40.8 Å². The molecule has 32 heavy (non-hydrogen) atoms. The molecule has 6 nitrogen and oxygen atoms in total. The van der Waals surface area contributed by atoms with Crippen molar-refractivity contribution >= 4 is 63.4 Å². The highest BCUT2D eigenvalue weighted by Gasteiger charge is 2.18. The smallest absolute Gasteiger partial charge is 0.281 e. The molecule has 0 saturated heterocycles. The number of halogens is 2. The molecule has 0 atom stereocenters. The van der Waals surface area contributed by atoms with Crippen LogP contribution in [0.5, 0.6) is 5.75 Å². The minimum atomic E-state index is -0.424. The summed E-state index contributed by atoms with van der Waals surface area (Å²) < 4.78 is 0. The van der Waals surface area contributed by atoms with Gasteiger partial charge in [0, 0.05) is 18.5 Å². The van der Waals surface area contributed by atoms with Gasteiger partial charge in [-0.2, -0.15) is 5.10 Å². The number of nitrogens with zero attached hydrogens (tertiary/aromatic N) is 2. The molecule has 2 amide bonds. The van der Waals surface area contributed by atoms with Gasteiger partial charge in [-0.25, -0.2) is 5.43 Å². The highest BCUT2D eigenvalue weighted by atomic mass is 35.5. The molecular formula is C22H21Cl2N3O3S2. The van der Waals surface area contributed by atoms with Crippen molar-refractivity contribution in [2.75, 3.05) is 13.1 Å². The summed E-state index contributed by atoms with van der Waals surface area (Å²) in [6.07, 6.45) is 0. The van der Waals surface area contributed by atoms with Gasteiger partial charge in [-0.15, -0.1) is 22.7 Å². The Hall–Kier alpha value is -2.39. The van der Waals surface area contributed by atoms with E-state index in [0.29, 0.717) is 49.0 Å². The molecule has 2 aromatic heterocycles. The van der Waals surface area contributed by atoms with Gasteiger partial charge >= 0.3 is 0 Å². The van der Waals surface area contributed by atoms with Gasteiger partial charge in [0.1, 0.15) is 5.75 Å². The fourth-order valence-electron chi connectivity index (χ4n) is 2.94. The third kappa shape index (κ3) is 5.15. The maximum Gasteiger partial charge on any atom is 0.281 e. The number of amides is 2. The molecule has 0 radical (unpaired) electrons. The molecule has 0 spiro atoms. The number of thiophene rings is 2. The average molecular weight is 510 g/mol. The highest BCUT2D eigenvalue weighted by Crippen LogP contribution is 2.40. The predicted molar refractivity (Wildman–Crippen MR) is 133 cm³/mol. The molecule has 0 fully saturated rings. The zero-order chi connectivity index (χ0) is 23.4. The van der Waals surface area contributed by atoms with E-state index in [1.165, 1.54) is 11.3 Å². The molecule has 0 aliphatic rings. The van der Waals surface area contributed by atoms with Gasteiger partial charge in [0.05, 0.1) is 36.0 Å². The van der Waals surface area contributed by atoms with Gasteiger partial charge < -0.3 is 10.0 Å². The number of carbonyl (C=O) groups is 2. The summed E-state index contributed by atoms with van der Waals surface area (Å²) in [4.78, 5) is 28.1. The van der Waals surface area contributed by atoms with Gasteiger partial charge in [-0.1, -0.05) is 29.3 Å². The van der Waals surface area contributed by atoms with Gasteiger partial charge in [-0.05, 0) is 50.6 Å². The average Bonchev–Trinajstić information content (AvgIpc) is 3.42. The normalized spacial score (nSPS) is 11.5. The van der Waals surface area contributed by atoms with E-state index in [2.05, 4.69) is 10.5 Å². The number of hydrogen-bond acceptors (Lipinski definition) is 6. The third-order valence-corrected chi connectivity index (χ3v) is 7.58. The van der Waals surface area contributed by atoms with E-state index < -0.39 is 5.91 Å². The number of hydrogen-bond donors (Lipinski definition) is 2. The molecule has 0 saturated carbocycles. The van der Waals surface area contributed by atoms with Crippen LogP contribution >= 0.6 is 45.9 Å². The molecule has 0 aliphatic heterocycles. The van der Waals surface area contributed by atoms with E-state index in [4.69, 9.17) is 23.2 Å². The first-order valence-electron chi connectivity index (χ1n) is 9.76. The van der Waals surface area contributed by atoms with Gasteiger partial charge in [0.15, 0.2) is 0 Å². The summed E-state index contributed by atoms with van der Waals surface area (Å²) >= 11 is 14.5. The van der Waals surface area contributed by atoms with Crippen LogP contribution in [0.3, 0.4) is 0 Å². The Morgan fingerprint density at radius 2 is 1.78 bits per heavy atom. The Morgan fingerprint density at radius 3 is 2.44 bits per heavy atom. The number of hydrazone groups is 1. The summed E-state index contributed by atoms with van der Waals surface area (Å²) in [7, 11) is 0. The predicted octanol–water partition coefficient (Wildman–Crippen LogP) is 6.13. The van der Waals surface area contributed by atoms with Crippen LogP contribution in [0.1, 0.15) is 45.7 Å². The lowest BCUT2D eigenvalue weighted by molar-refractivity contribution is 0.0777. The van der Waals surface area contributed by atoms with E-state index in [-0.39, 0.29) is 11.7 Å². The van der Waals surface area contributed by atoms with Crippen LogP contribution in [0.2, 0.25) is 10.0 Å². The van der Waals surface area contributed by atoms with Crippen molar-refractivity contribution in [2.45, 2.75) is 20.8 Å². The van der Waals surface area contributed by atoms with Gasteiger partial charge in [-0.3, -0.25) is 9.59 Å². The van der Waals surface area contributed by atoms with Crippen LogP contribution in [0.25, 0.3) is 10.4 Å². The Kier molecular flexibility index (Phi) is 7.95. The van der Waals surface area contributed by atoms with Gasteiger partial charge in [0.2, 0.25) is 0 Å². The fourth-order valence-corrected chi connectivity index (χ4v) is 5.11. The van der Waals surface area contributed by atoms with Crippen molar-refractivity contribution in [3.8, 4) is 16.2 Å². The molecule has 1 aromatic carbocycles. The van der Waals surface area contributed by atoms with Crippen molar-refractivity contribution in [3.63, 3.8) is 0 Å². The monoisotopic (exact) mass is 509 g/mol. The zero-order valence-electron chi connectivity index (χ0n) is 17.6. The number of benzene rings is 1. The summed E-state index contributed by atoms with van der Waals surface area (Å²) in [5.74, 6) is -0.476. The van der Waals surface area contributed by atoms with Crippen molar-refractivity contribution in [3.05, 3.63) is 61.1 Å². The molecule has 2 N–H and O–H groups in total. The van der Waals surface area contributed by atoms with Crippen LogP contribution in [0.4, 0.5) is 0 Å². The second-order valence-corrected chi connectivity index (χ2v) is 9.51. The van der Waals surface area contributed by atoms with Crippen LogP contribution in [-0.4, -0.2) is 40.6 Å². The van der Waals surface area contributed by atoms with Crippen molar-refractivity contribution in [2.24, 2.45) is 5.10 Å². The molecule has 10 heteroatoms. The maximum atomic E-state index is 12.5. The minimum absolute atomic E-state index is 0.0483. The molecule has 0 unspecified atom stereocenters. The summed E-state index contributed by atoms with van der Waals surface area (Å²) in [5.41, 5.74) is 4.16. The standard InChI is InChI=1S/C22H21Cl2N3O3S2/c1-4-27(5-2)22(30)18-9-8-17(32-18)21(29)26-25-12(3)14-11-31-20(19(14)28)13-6-7-15(23)16(24)10-13/h6-11,28H,4-5H2,1-3H3,(H,26,29)/b25-12+. The molecule has 0 aliphatic carbocycles. The number of rotatable bonds is 7. The Bertz CT molecular complexity index is 1180. The first kappa shape index (κ1) is 24.3. The molecule has 2 heterocycles. The molecule has 168 valence electrons. The number of aromatic hydroxyl groups is 1. The zero-order valence-corrected chi connectivity index (χ0v) is 20.8. The summed E-state index contributed by atoms with van der Waals surface area (Å²) in [6.45, 7) is 6.71. The fraction of sp³-hybridized carbons (Fsp3) is 0.227.